The van der Waals surface area contributed by atoms with Crippen LogP contribution in [0.3, 0.4) is 0 Å². The van der Waals surface area contributed by atoms with Gasteiger partial charge in [0.15, 0.2) is 0 Å². The van der Waals surface area contributed by atoms with Crippen molar-refractivity contribution in [3.05, 3.63) is 106 Å². The smallest absolute Gasteiger partial charge is 0.416 e. The summed E-state index contributed by atoms with van der Waals surface area (Å²) in [5, 5.41) is 0. The quantitative estimate of drug-likeness (QED) is 0.298. The molecular formula is C28H29O3PS. The zero-order valence-corrected chi connectivity index (χ0v) is 21.2. The molecule has 3 aromatic rings. The van der Waals surface area contributed by atoms with E-state index in [1.807, 2.05) is 37.3 Å². The van der Waals surface area contributed by atoms with Crippen LogP contribution < -0.4 is 9.05 Å². The fourth-order valence-electron chi connectivity index (χ4n) is 3.98. The van der Waals surface area contributed by atoms with Crippen LogP contribution in [0.2, 0.25) is 0 Å². The highest BCUT2D eigenvalue weighted by Crippen LogP contribution is 2.52. The maximum atomic E-state index is 10.8. The molecule has 0 spiro atoms. The highest BCUT2D eigenvalue weighted by atomic mass is 32.2. The van der Waals surface area contributed by atoms with Crippen LogP contribution >= 0.6 is 20.4 Å². The number of allylic oxidation sites excluding steroid dienone is 4. The Morgan fingerprint density at radius 1 is 0.939 bits per heavy atom. The Hall–Kier alpha value is -2.52. The second kappa shape index (κ2) is 10.6. The Morgan fingerprint density at radius 3 is 2.18 bits per heavy atom. The summed E-state index contributed by atoms with van der Waals surface area (Å²) < 4.78 is 12.1. The summed E-state index contributed by atoms with van der Waals surface area (Å²) in [6.45, 7) is 8.32. The Bertz CT molecular complexity index is 1200. The molecule has 1 aliphatic heterocycles. The minimum absolute atomic E-state index is 0.709. The fraction of sp³-hybridized carbons (Fsp3) is 0.214. The normalized spacial score (nSPS) is 15.8. The van der Waals surface area contributed by atoms with Crippen molar-refractivity contribution in [2.75, 3.05) is 0 Å². The van der Waals surface area contributed by atoms with Gasteiger partial charge in [-0.05, 0) is 62.9 Å². The monoisotopic (exact) mass is 476 g/mol. The van der Waals surface area contributed by atoms with Crippen molar-refractivity contribution >= 4 is 20.4 Å². The van der Waals surface area contributed by atoms with Gasteiger partial charge in [-0.3, -0.25) is 0 Å². The first-order valence-electron chi connectivity index (χ1n) is 11.0. The van der Waals surface area contributed by atoms with Crippen molar-refractivity contribution in [1.29, 1.82) is 0 Å². The van der Waals surface area contributed by atoms with Gasteiger partial charge in [0, 0.05) is 17.5 Å². The SMILES string of the molecule is C/C=C\C=C(/C)Cc1cc(C)cc2c1OP(O)Oc1c(Cc3ccccc3)cc(C)cc1S2. The van der Waals surface area contributed by atoms with Gasteiger partial charge in [-0.25, -0.2) is 0 Å². The third-order valence-corrected chi connectivity index (χ3v) is 7.11. The van der Waals surface area contributed by atoms with Crippen LogP contribution in [0.1, 0.15) is 41.7 Å². The zero-order valence-electron chi connectivity index (χ0n) is 19.5. The summed E-state index contributed by atoms with van der Waals surface area (Å²) in [6.07, 6.45) is 7.65. The summed E-state index contributed by atoms with van der Waals surface area (Å²) in [6, 6.07) is 18.8. The number of aryl methyl sites for hydroxylation is 2. The van der Waals surface area contributed by atoms with E-state index in [1.165, 1.54) is 22.3 Å². The van der Waals surface area contributed by atoms with E-state index in [9.17, 15) is 4.89 Å². The lowest BCUT2D eigenvalue weighted by Gasteiger charge is -2.25. The molecule has 0 radical (unpaired) electrons. The first kappa shape index (κ1) is 23.6. The summed E-state index contributed by atoms with van der Waals surface area (Å²) in [5.41, 5.74) is 6.87. The Balaban J connectivity index is 1.77. The van der Waals surface area contributed by atoms with Gasteiger partial charge in [0.25, 0.3) is 0 Å². The van der Waals surface area contributed by atoms with Crippen molar-refractivity contribution < 1.29 is 13.9 Å². The van der Waals surface area contributed by atoms with Gasteiger partial charge in [-0.15, -0.1) is 0 Å². The highest BCUT2D eigenvalue weighted by molar-refractivity contribution is 7.99. The number of hydrogen-bond donors (Lipinski definition) is 1. The van der Waals surface area contributed by atoms with E-state index in [0.29, 0.717) is 11.5 Å². The number of fused-ring (bicyclic) bond motifs is 2. The van der Waals surface area contributed by atoms with Crippen LogP contribution in [0.15, 0.2) is 88.2 Å². The molecule has 1 heterocycles. The highest BCUT2D eigenvalue weighted by Gasteiger charge is 2.26. The molecule has 0 aromatic heterocycles. The van der Waals surface area contributed by atoms with Crippen LogP contribution in [0.25, 0.3) is 0 Å². The molecule has 3 nitrogen and oxygen atoms in total. The molecule has 1 N–H and O–H groups in total. The van der Waals surface area contributed by atoms with Gasteiger partial charge >= 0.3 is 8.60 Å². The van der Waals surface area contributed by atoms with Gasteiger partial charge < -0.3 is 13.9 Å². The van der Waals surface area contributed by atoms with Crippen molar-refractivity contribution in [1.82, 2.24) is 0 Å². The average molecular weight is 477 g/mol. The molecule has 3 aromatic carbocycles. The summed E-state index contributed by atoms with van der Waals surface area (Å²) >= 11 is 1.65. The minimum atomic E-state index is -2.12. The summed E-state index contributed by atoms with van der Waals surface area (Å²) in [4.78, 5) is 12.8. The summed E-state index contributed by atoms with van der Waals surface area (Å²) in [5.74, 6) is 1.42. The standard InChI is InChI=1S/C28H29O3PS/c1-5-6-10-19(2)13-23-14-20(3)16-25-27(23)30-32(29)31-28-24(15-21(4)17-26(28)33-25)18-22-11-8-7-9-12-22/h5-12,14-17,29H,13,18H2,1-4H3/b6-5-,19-10+. The molecule has 1 aliphatic rings. The van der Waals surface area contributed by atoms with E-state index >= 15 is 0 Å². The van der Waals surface area contributed by atoms with Gasteiger partial charge in [-0.2, -0.15) is 0 Å². The molecule has 0 saturated carbocycles. The van der Waals surface area contributed by atoms with Gasteiger partial charge in [0.1, 0.15) is 11.5 Å². The van der Waals surface area contributed by atoms with Crippen molar-refractivity contribution in [3.8, 4) is 11.5 Å². The molecular weight excluding hydrogens is 447 g/mol. The van der Waals surface area contributed by atoms with E-state index < -0.39 is 8.60 Å². The molecule has 0 fully saturated rings. The van der Waals surface area contributed by atoms with E-state index in [-0.39, 0.29) is 0 Å². The molecule has 5 heteroatoms. The van der Waals surface area contributed by atoms with Gasteiger partial charge in [0.05, 0.1) is 9.79 Å². The number of rotatable bonds is 5. The van der Waals surface area contributed by atoms with Crippen molar-refractivity contribution in [3.63, 3.8) is 0 Å². The van der Waals surface area contributed by atoms with Gasteiger partial charge in [-0.1, -0.05) is 78.0 Å². The molecule has 33 heavy (non-hydrogen) atoms. The van der Waals surface area contributed by atoms with Crippen LogP contribution in [0.4, 0.5) is 0 Å². The number of hydrogen-bond acceptors (Lipinski definition) is 4. The third kappa shape index (κ3) is 5.89. The Kier molecular flexibility index (Phi) is 7.60. The predicted octanol–water partition coefficient (Wildman–Crippen LogP) is 8.10. The van der Waals surface area contributed by atoms with E-state index in [0.717, 1.165) is 33.8 Å². The third-order valence-electron chi connectivity index (χ3n) is 5.39. The lowest BCUT2D eigenvalue weighted by Crippen LogP contribution is -2.05. The molecule has 4 rings (SSSR count). The van der Waals surface area contributed by atoms with E-state index in [1.54, 1.807) is 11.8 Å². The first-order chi connectivity index (χ1) is 15.9. The van der Waals surface area contributed by atoms with Crippen LogP contribution in [0.5, 0.6) is 11.5 Å². The molecule has 0 saturated heterocycles. The van der Waals surface area contributed by atoms with Crippen LogP contribution in [-0.4, -0.2) is 4.89 Å². The Labute approximate surface area is 202 Å². The van der Waals surface area contributed by atoms with E-state index in [4.69, 9.17) is 9.05 Å². The summed E-state index contributed by atoms with van der Waals surface area (Å²) in [7, 11) is -2.12. The Morgan fingerprint density at radius 2 is 1.55 bits per heavy atom. The van der Waals surface area contributed by atoms with Crippen LogP contribution in [-0.2, 0) is 12.8 Å². The molecule has 1 atom stereocenters. The molecule has 170 valence electrons. The largest absolute Gasteiger partial charge is 0.460 e. The minimum Gasteiger partial charge on any atom is -0.416 e. The topological polar surface area (TPSA) is 38.7 Å². The fourth-order valence-corrected chi connectivity index (χ4v) is 6.14. The lowest BCUT2D eigenvalue weighted by molar-refractivity contribution is 0.370. The van der Waals surface area contributed by atoms with Crippen molar-refractivity contribution in [2.24, 2.45) is 0 Å². The second-order valence-corrected chi connectivity index (χ2v) is 10.3. The van der Waals surface area contributed by atoms with Gasteiger partial charge in [0.2, 0.25) is 0 Å². The predicted molar refractivity (Wildman–Crippen MR) is 138 cm³/mol. The molecule has 1 unspecified atom stereocenters. The second-order valence-electron chi connectivity index (χ2n) is 8.40. The first-order valence-corrected chi connectivity index (χ1v) is 13.0. The zero-order chi connectivity index (χ0) is 23.4. The number of benzene rings is 3. The maximum absolute atomic E-state index is 10.8. The van der Waals surface area contributed by atoms with Crippen molar-refractivity contribution in [2.45, 2.75) is 50.3 Å². The average Bonchev–Trinajstić information content (AvgIpc) is 2.76. The molecule has 0 aliphatic carbocycles. The van der Waals surface area contributed by atoms with E-state index in [2.05, 4.69) is 63.2 Å². The van der Waals surface area contributed by atoms with Crippen LogP contribution in [0, 0.1) is 13.8 Å². The lowest BCUT2D eigenvalue weighted by atomic mass is 10.0. The molecule has 0 amide bonds. The maximum Gasteiger partial charge on any atom is 0.460 e. The molecule has 0 bridgehead atoms.